The molecular weight excluding hydrogens is 411 g/mol. The van der Waals surface area contributed by atoms with E-state index in [0.717, 1.165) is 0 Å². The molecule has 0 aliphatic heterocycles. The van der Waals surface area contributed by atoms with Gasteiger partial charge in [0.1, 0.15) is 5.78 Å². The minimum absolute atomic E-state index is 0.0369. The maximum Gasteiger partial charge on any atom is 0.422 e. The predicted molar refractivity (Wildman–Crippen MR) is 109 cm³/mol. The van der Waals surface area contributed by atoms with Gasteiger partial charge in [-0.25, -0.2) is 4.98 Å². The fourth-order valence-electron chi connectivity index (χ4n) is 2.84. The number of Topliss-reactive ketones (excluding diaryl/α,β-unsaturated/α-hetero) is 1. The molecule has 0 saturated heterocycles. The highest BCUT2D eigenvalue weighted by Gasteiger charge is 2.28. The molecule has 2 heterocycles. The van der Waals surface area contributed by atoms with Gasteiger partial charge in [-0.1, -0.05) is 26.8 Å². The fourth-order valence-corrected chi connectivity index (χ4v) is 2.84. The third-order valence-electron chi connectivity index (χ3n) is 4.53. The molecule has 9 heteroatoms. The number of pyridine rings is 2. The van der Waals surface area contributed by atoms with Crippen molar-refractivity contribution < 1.29 is 27.5 Å². The molecule has 168 valence electrons. The van der Waals surface area contributed by atoms with E-state index in [-0.39, 0.29) is 29.9 Å². The molecule has 31 heavy (non-hydrogen) atoms. The second kappa shape index (κ2) is 10.4. The number of carbonyl (C=O) groups is 2. The van der Waals surface area contributed by atoms with Gasteiger partial charge >= 0.3 is 6.18 Å². The van der Waals surface area contributed by atoms with Crippen molar-refractivity contribution in [2.45, 2.75) is 52.8 Å². The second-order valence-corrected chi connectivity index (χ2v) is 7.55. The van der Waals surface area contributed by atoms with Gasteiger partial charge in [0.05, 0.1) is 6.04 Å². The Kier molecular flexibility index (Phi) is 8.13. The van der Waals surface area contributed by atoms with Gasteiger partial charge in [0.15, 0.2) is 6.61 Å². The first-order chi connectivity index (χ1) is 14.5. The molecule has 1 atom stereocenters. The zero-order valence-electron chi connectivity index (χ0n) is 17.9. The van der Waals surface area contributed by atoms with Crippen LogP contribution in [0.4, 0.5) is 13.2 Å². The summed E-state index contributed by atoms with van der Waals surface area (Å²) in [4.78, 5) is 33.0. The standard InChI is InChI=1S/C22H26F3N3O3/c1-5-18(15-6-7-20(26-11-15)31-12-22(23,24)25)28-21(30)16-8-14(4)27-17(9-16)10-19(29)13(2)3/h6-9,11,13,18H,5,10,12H2,1-4H3,(H,28,30). The van der Waals surface area contributed by atoms with E-state index in [2.05, 4.69) is 20.0 Å². The van der Waals surface area contributed by atoms with Gasteiger partial charge in [-0.3, -0.25) is 14.6 Å². The quantitative estimate of drug-likeness (QED) is 0.630. The van der Waals surface area contributed by atoms with Crippen molar-refractivity contribution in [3.63, 3.8) is 0 Å². The number of halogens is 3. The van der Waals surface area contributed by atoms with Crippen LogP contribution in [0.1, 0.15) is 60.5 Å². The third-order valence-corrected chi connectivity index (χ3v) is 4.53. The van der Waals surface area contributed by atoms with Crippen LogP contribution in [0.15, 0.2) is 30.5 Å². The summed E-state index contributed by atoms with van der Waals surface area (Å²) in [5.41, 5.74) is 2.18. The molecule has 1 unspecified atom stereocenters. The van der Waals surface area contributed by atoms with Crippen molar-refractivity contribution in [3.8, 4) is 5.88 Å². The predicted octanol–water partition coefficient (Wildman–Crippen LogP) is 4.37. The molecule has 0 aromatic carbocycles. The molecule has 0 radical (unpaired) electrons. The molecule has 2 rings (SSSR count). The van der Waals surface area contributed by atoms with Gasteiger partial charge in [-0.05, 0) is 31.0 Å². The summed E-state index contributed by atoms with van der Waals surface area (Å²) in [6.45, 7) is 5.82. The monoisotopic (exact) mass is 437 g/mol. The summed E-state index contributed by atoms with van der Waals surface area (Å²) in [6.07, 6.45) is -2.37. The largest absolute Gasteiger partial charge is 0.468 e. The van der Waals surface area contributed by atoms with E-state index >= 15 is 0 Å². The smallest absolute Gasteiger partial charge is 0.422 e. The lowest BCUT2D eigenvalue weighted by Gasteiger charge is -2.18. The average Bonchev–Trinajstić information content (AvgIpc) is 2.69. The number of aromatic nitrogens is 2. The van der Waals surface area contributed by atoms with Crippen LogP contribution in [0.25, 0.3) is 0 Å². The Hall–Kier alpha value is -2.97. The lowest BCUT2D eigenvalue weighted by Crippen LogP contribution is -2.28. The highest BCUT2D eigenvalue weighted by atomic mass is 19.4. The van der Waals surface area contributed by atoms with Crippen LogP contribution >= 0.6 is 0 Å². The summed E-state index contributed by atoms with van der Waals surface area (Å²) >= 11 is 0. The number of ketones is 1. The van der Waals surface area contributed by atoms with E-state index < -0.39 is 18.8 Å². The molecule has 1 N–H and O–H groups in total. The number of nitrogens with zero attached hydrogens (tertiary/aromatic N) is 2. The summed E-state index contributed by atoms with van der Waals surface area (Å²) in [5.74, 6) is -0.575. The first-order valence-electron chi connectivity index (χ1n) is 9.95. The van der Waals surface area contributed by atoms with Crippen molar-refractivity contribution in [3.05, 3.63) is 53.0 Å². The summed E-state index contributed by atoms with van der Waals surface area (Å²) < 4.78 is 41.4. The normalized spacial score (nSPS) is 12.5. The van der Waals surface area contributed by atoms with Gasteiger partial charge in [-0.2, -0.15) is 13.2 Å². The molecule has 0 fully saturated rings. The summed E-state index contributed by atoms with van der Waals surface area (Å²) in [6, 6.07) is 5.74. The van der Waals surface area contributed by atoms with Gasteiger partial charge in [-0.15, -0.1) is 0 Å². The van der Waals surface area contributed by atoms with Crippen molar-refractivity contribution in [1.29, 1.82) is 0 Å². The lowest BCUT2D eigenvalue weighted by atomic mass is 10.0. The Bertz CT molecular complexity index is 912. The van der Waals surface area contributed by atoms with Crippen LogP contribution in [-0.4, -0.2) is 34.4 Å². The van der Waals surface area contributed by atoms with Crippen LogP contribution in [0, 0.1) is 12.8 Å². The Labute approximate surface area is 179 Å². The SMILES string of the molecule is CCC(NC(=O)c1cc(C)nc(CC(=O)C(C)C)c1)c1ccc(OCC(F)(F)F)nc1. The van der Waals surface area contributed by atoms with Crippen molar-refractivity contribution in [2.75, 3.05) is 6.61 Å². The second-order valence-electron chi connectivity index (χ2n) is 7.55. The van der Waals surface area contributed by atoms with E-state index in [9.17, 15) is 22.8 Å². The molecule has 6 nitrogen and oxygen atoms in total. The van der Waals surface area contributed by atoms with Crippen LogP contribution in [-0.2, 0) is 11.2 Å². The number of hydrogen-bond acceptors (Lipinski definition) is 5. The third kappa shape index (κ3) is 7.66. The van der Waals surface area contributed by atoms with E-state index in [1.54, 1.807) is 25.1 Å². The minimum atomic E-state index is -4.44. The first-order valence-corrected chi connectivity index (χ1v) is 9.95. The molecule has 2 aromatic rings. The Balaban J connectivity index is 2.10. The number of amides is 1. The van der Waals surface area contributed by atoms with Gasteiger partial charge < -0.3 is 10.1 Å². The molecule has 0 aliphatic carbocycles. The zero-order valence-corrected chi connectivity index (χ0v) is 17.9. The molecule has 0 spiro atoms. The zero-order chi connectivity index (χ0) is 23.2. The fraction of sp³-hybridized carbons (Fsp3) is 0.455. The van der Waals surface area contributed by atoms with Crippen molar-refractivity contribution in [2.24, 2.45) is 5.92 Å². The number of nitrogens with one attached hydrogen (secondary N) is 1. The van der Waals surface area contributed by atoms with Crippen molar-refractivity contribution >= 4 is 11.7 Å². The minimum Gasteiger partial charge on any atom is -0.468 e. The summed E-state index contributed by atoms with van der Waals surface area (Å²) in [5, 5.41) is 2.89. The average molecular weight is 437 g/mol. The molecular formula is C22H26F3N3O3. The van der Waals surface area contributed by atoms with E-state index in [4.69, 9.17) is 0 Å². The molecule has 0 saturated carbocycles. The highest BCUT2D eigenvalue weighted by Crippen LogP contribution is 2.21. The molecule has 0 bridgehead atoms. The van der Waals surface area contributed by atoms with Crippen molar-refractivity contribution in [1.82, 2.24) is 15.3 Å². The van der Waals surface area contributed by atoms with Crippen LogP contribution in [0.3, 0.4) is 0 Å². The Morgan fingerprint density at radius 2 is 1.90 bits per heavy atom. The number of aryl methyl sites for hydroxylation is 1. The highest BCUT2D eigenvalue weighted by molar-refractivity contribution is 5.95. The lowest BCUT2D eigenvalue weighted by molar-refractivity contribution is -0.154. The molecule has 2 aromatic heterocycles. The number of carbonyl (C=O) groups excluding carboxylic acids is 2. The van der Waals surface area contributed by atoms with Crippen LogP contribution in [0.5, 0.6) is 5.88 Å². The maximum atomic E-state index is 12.8. The maximum absolute atomic E-state index is 12.8. The van der Waals surface area contributed by atoms with E-state index in [1.807, 2.05) is 20.8 Å². The Morgan fingerprint density at radius 1 is 1.19 bits per heavy atom. The summed E-state index contributed by atoms with van der Waals surface area (Å²) in [7, 11) is 0. The number of ether oxygens (including phenoxy) is 1. The topological polar surface area (TPSA) is 81.2 Å². The van der Waals surface area contributed by atoms with Gasteiger partial charge in [0.25, 0.3) is 5.91 Å². The molecule has 0 aliphatic rings. The van der Waals surface area contributed by atoms with Gasteiger partial charge in [0.2, 0.25) is 5.88 Å². The number of alkyl halides is 3. The molecule has 1 amide bonds. The van der Waals surface area contributed by atoms with E-state index in [0.29, 0.717) is 28.9 Å². The number of rotatable bonds is 9. The van der Waals surface area contributed by atoms with Crippen LogP contribution in [0.2, 0.25) is 0 Å². The number of hydrogen-bond donors (Lipinski definition) is 1. The van der Waals surface area contributed by atoms with Gasteiger partial charge in [0, 0.05) is 41.6 Å². The Morgan fingerprint density at radius 3 is 2.45 bits per heavy atom. The van der Waals surface area contributed by atoms with Crippen LogP contribution < -0.4 is 10.1 Å². The van der Waals surface area contributed by atoms with E-state index in [1.165, 1.54) is 12.3 Å². The first kappa shape index (κ1) is 24.3.